The highest BCUT2D eigenvalue weighted by Crippen LogP contribution is 2.34. The van der Waals surface area contributed by atoms with Gasteiger partial charge in [-0.25, -0.2) is 4.98 Å². The Morgan fingerprint density at radius 3 is 2.73 bits per heavy atom. The first-order valence-electron chi connectivity index (χ1n) is 8.29. The van der Waals surface area contributed by atoms with Crippen LogP contribution in [0.3, 0.4) is 0 Å². The number of ether oxygens (including phenoxy) is 1. The number of hydrogen-bond acceptors (Lipinski definition) is 6. The Balaban J connectivity index is 1.79. The lowest BCUT2D eigenvalue weighted by Gasteiger charge is -2.11. The van der Waals surface area contributed by atoms with Gasteiger partial charge in [-0.1, -0.05) is 17.3 Å². The molecule has 0 radical (unpaired) electrons. The number of methoxy groups -OCH3 is 1. The molecule has 3 heterocycles. The lowest BCUT2D eigenvalue weighted by molar-refractivity contribution is 0.416. The molecule has 0 saturated carbocycles. The molecule has 130 valence electrons. The summed E-state index contributed by atoms with van der Waals surface area (Å²) in [6.07, 6.45) is 3.55. The molecule has 0 saturated heterocycles. The number of rotatable bonds is 5. The van der Waals surface area contributed by atoms with Gasteiger partial charge in [0.2, 0.25) is 5.58 Å². The average Bonchev–Trinajstić information content (AvgIpc) is 3.08. The molecule has 0 fully saturated rings. The number of pyridine rings is 2. The van der Waals surface area contributed by atoms with Crippen LogP contribution in [0.15, 0.2) is 59.4 Å². The van der Waals surface area contributed by atoms with E-state index in [0.717, 1.165) is 39.5 Å². The number of aromatic nitrogens is 3. The van der Waals surface area contributed by atoms with E-state index in [4.69, 9.17) is 14.2 Å². The maximum absolute atomic E-state index is 5.50. The second kappa shape index (κ2) is 6.84. The molecular weight excluding hydrogens is 328 g/mol. The van der Waals surface area contributed by atoms with Crippen molar-refractivity contribution in [2.24, 2.45) is 0 Å². The first-order valence-corrected chi connectivity index (χ1v) is 8.29. The van der Waals surface area contributed by atoms with E-state index in [1.54, 1.807) is 19.5 Å². The molecule has 4 rings (SSSR count). The van der Waals surface area contributed by atoms with Gasteiger partial charge in [0, 0.05) is 24.5 Å². The Morgan fingerprint density at radius 1 is 1.12 bits per heavy atom. The fourth-order valence-electron chi connectivity index (χ4n) is 2.85. The molecule has 26 heavy (non-hydrogen) atoms. The predicted octanol–water partition coefficient (Wildman–Crippen LogP) is 4.21. The highest BCUT2D eigenvalue weighted by atomic mass is 16.5. The summed E-state index contributed by atoms with van der Waals surface area (Å²) in [5, 5.41) is 7.49. The van der Waals surface area contributed by atoms with E-state index in [2.05, 4.69) is 15.5 Å². The maximum atomic E-state index is 5.50. The van der Waals surface area contributed by atoms with Gasteiger partial charge in [0.25, 0.3) is 0 Å². The summed E-state index contributed by atoms with van der Waals surface area (Å²) in [6.45, 7) is 2.53. The minimum Gasteiger partial charge on any atom is -0.496 e. The molecular formula is C20H18N4O2. The first kappa shape index (κ1) is 16.1. The van der Waals surface area contributed by atoms with Crippen molar-refractivity contribution in [1.82, 2.24) is 15.1 Å². The van der Waals surface area contributed by atoms with Crippen LogP contribution in [0.2, 0.25) is 0 Å². The Bertz CT molecular complexity index is 1040. The van der Waals surface area contributed by atoms with Gasteiger partial charge in [0.15, 0.2) is 0 Å². The van der Waals surface area contributed by atoms with Crippen molar-refractivity contribution in [2.75, 3.05) is 12.4 Å². The molecule has 0 aliphatic carbocycles. The van der Waals surface area contributed by atoms with Gasteiger partial charge in [-0.3, -0.25) is 4.98 Å². The van der Waals surface area contributed by atoms with Gasteiger partial charge >= 0.3 is 0 Å². The zero-order valence-electron chi connectivity index (χ0n) is 14.6. The second-order valence-corrected chi connectivity index (χ2v) is 5.91. The van der Waals surface area contributed by atoms with Crippen molar-refractivity contribution in [3.05, 3.63) is 66.1 Å². The Hall–Kier alpha value is -3.41. The third-order valence-corrected chi connectivity index (χ3v) is 4.20. The second-order valence-electron chi connectivity index (χ2n) is 5.91. The van der Waals surface area contributed by atoms with E-state index in [-0.39, 0.29) is 0 Å². The van der Waals surface area contributed by atoms with E-state index >= 15 is 0 Å². The van der Waals surface area contributed by atoms with E-state index in [9.17, 15) is 0 Å². The van der Waals surface area contributed by atoms with Crippen LogP contribution in [0.25, 0.3) is 22.4 Å². The topological polar surface area (TPSA) is 73.1 Å². The molecule has 1 N–H and O–H groups in total. The van der Waals surface area contributed by atoms with Crippen molar-refractivity contribution in [3.63, 3.8) is 0 Å². The summed E-state index contributed by atoms with van der Waals surface area (Å²) in [5.41, 5.74) is 5.83. The Labute approximate surface area is 150 Å². The SMILES string of the molecule is COc1ccccc1-c1cc(NCc2ccncc2)c2onc(C)c2n1. The molecule has 0 spiro atoms. The van der Waals surface area contributed by atoms with Crippen LogP contribution in [0.4, 0.5) is 5.69 Å². The molecule has 0 bridgehead atoms. The van der Waals surface area contributed by atoms with Crippen LogP contribution in [-0.2, 0) is 6.54 Å². The van der Waals surface area contributed by atoms with Crippen molar-refractivity contribution in [3.8, 4) is 17.0 Å². The maximum Gasteiger partial charge on any atom is 0.208 e. The van der Waals surface area contributed by atoms with Crippen molar-refractivity contribution >= 4 is 16.8 Å². The first-order chi connectivity index (χ1) is 12.8. The molecule has 3 aromatic heterocycles. The zero-order chi connectivity index (χ0) is 17.9. The minimum atomic E-state index is 0.646. The lowest BCUT2D eigenvalue weighted by Crippen LogP contribution is -2.01. The number of para-hydroxylation sites is 1. The quantitative estimate of drug-likeness (QED) is 0.583. The summed E-state index contributed by atoms with van der Waals surface area (Å²) in [7, 11) is 1.66. The monoisotopic (exact) mass is 346 g/mol. The minimum absolute atomic E-state index is 0.646. The lowest BCUT2D eigenvalue weighted by atomic mass is 10.1. The molecule has 0 unspecified atom stereocenters. The normalized spacial score (nSPS) is 10.8. The molecule has 1 aromatic carbocycles. The number of fused-ring (bicyclic) bond motifs is 1. The van der Waals surface area contributed by atoms with Gasteiger partial charge < -0.3 is 14.6 Å². The van der Waals surface area contributed by atoms with Gasteiger partial charge in [0.1, 0.15) is 17.0 Å². The highest BCUT2D eigenvalue weighted by Gasteiger charge is 2.16. The summed E-state index contributed by atoms with van der Waals surface area (Å²) in [6, 6.07) is 13.7. The van der Waals surface area contributed by atoms with Crippen molar-refractivity contribution in [1.29, 1.82) is 0 Å². The summed E-state index contributed by atoms with van der Waals surface area (Å²) >= 11 is 0. The third kappa shape index (κ3) is 2.97. The summed E-state index contributed by atoms with van der Waals surface area (Å²) in [4.78, 5) is 8.79. The number of nitrogens with one attached hydrogen (secondary N) is 1. The van der Waals surface area contributed by atoms with E-state index in [0.29, 0.717) is 12.1 Å². The summed E-state index contributed by atoms with van der Waals surface area (Å²) in [5.74, 6) is 0.772. The highest BCUT2D eigenvalue weighted by molar-refractivity contribution is 5.90. The number of hydrogen-bond donors (Lipinski definition) is 1. The number of benzene rings is 1. The molecule has 0 aliphatic rings. The molecule has 4 aromatic rings. The van der Waals surface area contributed by atoms with Crippen LogP contribution >= 0.6 is 0 Å². The van der Waals surface area contributed by atoms with Crippen LogP contribution in [-0.4, -0.2) is 22.2 Å². The number of nitrogens with zero attached hydrogens (tertiary/aromatic N) is 3. The average molecular weight is 346 g/mol. The third-order valence-electron chi connectivity index (χ3n) is 4.20. The van der Waals surface area contributed by atoms with Gasteiger partial charge in [-0.15, -0.1) is 0 Å². The number of anilines is 1. The van der Waals surface area contributed by atoms with Crippen molar-refractivity contribution < 1.29 is 9.26 Å². The van der Waals surface area contributed by atoms with Gasteiger partial charge in [-0.05, 0) is 42.8 Å². The zero-order valence-corrected chi connectivity index (χ0v) is 14.6. The molecule has 0 aliphatic heterocycles. The predicted molar refractivity (Wildman–Crippen MR) is 100 cm³/mol. The van der Waals surface area contributed by atoms with Crippen molar-refractivity contribution in [2.45, 2.75) is 13.5 Å². The molecule has 0 amide bonds. The fourth-order valence-corrected chi connectivity index (χ4v) is 2.85. The van der Waals surface area contributed by atoms with Crippen LogP contribution < -0.4 is 10.1 Å². The van der Waals surface area contributed by atoms with Gasteiger partial charge in [0.05, 0.1) is 18.5 Å². The number of aryl methyl sites for hydroxylation is 1. The Morgan fingerprint density at radius 2 is 1.92 bits per heavy atom. The van der Waals surface area contributed by atoms with Crippen LogP contribution in [0.1, 0.15) is 11.3 Å². The largest absolute Gasteiger partial charge is 0.496 e. The van der Waals surface area contributed by atoms with Gasteiger partial charge in [-0.2, -0.15) is 0 Å². The molecule has 6 heteroatoms. The van der Waals surface area contributed by atoms with E-state index in [1.807, 2.05) is 49.4 Å². The fraction of sp³-hybridized carbons (Fsp3) is 0.150. The smallest absolute Gasteiger partial charge is 0.208 e. The summed E-state index contributed by atoms with van der Waals surface area (Å²) < 4.78 is 11.0. The molecule has 0 atom stereocenters. The van der Waals surface area contributed by atoms with E-state index in [1.165, 1.54) is 0 Å². The molecule has 6 nitrogen and oxygen atoms in total. The van der Waals surface area contributed by atoms with E-state index < -0.39 is 0 Å². The Kier molecular flexibility index (Phi) is 4.23. The van der Waals surface area contributed by atoms with Crippen LogP contribution in [0, 0.1) is 6.92 Å². The van der Waals surface area contributed by atoms with Crippen LogP contribution in [0.5, 0.6) is 5.75 Å². The standard InChI is InChI=1S/C20H18N4O2/c1-13-19-20(26-24-13)17(22-12-14-7-9-21-10-8-14)11-16(23-19)15-5-3-4-6-18(15)25-2/h3-11H,12H2,1-2H3,(H,22,23).